The van der Waals surface area contributed by atoms with Crippen molar-refractivity contribution in [2.75, 3.05) is 11.1 Å². The number of aromatic nitrogens is 2. The van der Waals surface area contributed by atoms with Gasteiger partial charge in [0.15, 0.2) is 0 Å². The molecule has 0 aliphatic carbocycles. The molecule has 0 bridgehead atoms. The van der Waals surface area contributed by atoms with E-state index in [1.807, 2.05) is 37.3 Å². The number of hydrogen-bond donors (Lipinski definition) is 2. The first-order valence-corrected chi connectivity index (χ1v) is 6.03. The molecule has 18 heavy (non-hydrogen) atoms. The number of nitrogen functional groups attached to an aromatic ring is 1. The highest BCUT2D eigenvalue weighted by atomic mass is 15.0. The summed E-state index contributed by atoms with van der Waals surface area (Å²) in [7, 11) is 0. The molecule has 0 atom stereocenters. The van der Waals surface area contributed by atoms with Crippen molar-refractivity contribution in [3.63, 3.8) is 0 Å². The van der Waals surface area contributed by atoms with Gasteiger partial charge >= 0.3 is 0 Å². The van der Waals surface area contributed by atoms with Crippen molar-refractivity contribution < 1.29 is 0 Å². The van der Waals surface area contributed by atoms with Crippen LogP contribution >= 0.6 is 0 Å². The number of hydrogen-bond acceptors (Lipinski definition) is 4. The molecule has 0 saturated heterocycles. The van der Waals surface area contributed by atoms with Gasteiger partial charge in [0.2, 0.25) is 0 Å². The van der Waals surface area contributed by atoms with Gasteiger partial charge in [0, 0.05) is 29.1 Å². The largest absolute Gasteiger partial charge is 0.399 e. The molecular weight excluding hydrogens is 224 g/mol. The lowest BCUT2D eigenvalue weighted by Crippen LogP contribution is -2.03. The van der Waals surface area contributed by atoms with Crippen LogP contribution < -0.4 is 11.1 Å². The second-order valence-corrected chi connectivity index (χ2v) is 4.65. The number of nitrogens with zero attached hydrogens (tertiary/aromatic N) is 2. The van der Waals surface area contributed by atoms with Crippen LogP contribution in [0.5, 0.6) is 0 Å². The third kappa shape index (κ3) is 2.97. The van der Waals surface area contributed by atoms with Gasteiger partial charge in [-0.25, -0.2) is 9.97 Å². The van der Waals surface area contributed by atoms with Crippen LogP contribution in [-0.2, 0) is 0 Å². The Labute approximate surface area is 107 Å². The lowest BCUT2D eigenvalue weighted by molar-refractivity contribution is 0.768. The Kier molecular flexibility index (Phi) is 3.46. The number of aryl methyl sites for hydroxylation is 1. The first-order valence-electron chi connectivity index (χ1n) is 6.03. The maximum absolute atomic E-state index is 5.65. The smallest absolute Gasteiger partial charge is 0.134 e. The van der Waals surface area contributed by atoms with E-state index in [4.69, 9.17) is 5.73 Å². The molecule has 0 aliphatic rings. The summed E-state index contributed by atoms with van der Waals surface area (Å²) >= 11 is 0. The highest BCUT2D eigenvalue weighted by molar-refractivity contribution is 5.59. The minimum absolute atomic E-state index is 0.317. The minimum atomic E-state index is 0.317. The Hall–Kier alpha value is -2.10. The summed E-state index contributed by atoms with van der Waals surface area (Å²) in [4.78, 5) is 8.92. The van der Waals surface area contributed by atoms with Crippen LogP contribution in [0.25, 0.3) is 0 Å². The molecule has 0 unspecified atom stereocenters. The summed E-state index contributed by atoms with van der Waals surface area (Å²) in [6.07, 6.45) is 0. The number of nitrogens with two attached hydrogens (primary N) is 1. The number of rotatable bonds is 3. The second kappa shape index (κ2) is 5.04. The summed E-state index contributed by atoms with van der Waals surface area (Å²) in [5.41, 5.74) is 8.34. The lowest BCUT2D eigenvalue weighted by atomic mass is 10.2. The van der Waals surface area contributed by atoms with Crippen molar-refractivity contribution in [3.8, 4) is 0 Å². The molecule has 0 spiro atoms. The van der Waals surface area contributed by atoms with Crippen molar-refractivity contribution in [1.29, 1.82) is 0 Å². The van der Waals surface area contributed by atoms with Gasteiger partial charge in [-0.15, -0.1) is 0 Å². The van der Waals surface area contributed by atoms with Crippen LogP contribution in [0.3, 0.4) is 0 Å². The van der Waals surface area contributed by atoms with Gasteiger partial charge in [0.1, 0.15) is 11.6 Å². The summed E-state index contributed by atoms with van der Waals surface area (Å²) in [6, 6.07) is 9.52. The Morgan fingerprint density at radius 3 is 2.39 bits per heavy atom. The lowest BCUT2D eigenvalue weighted by Gasteiger charge is -2.10. The molecule has 0 fully saturated rings. The third-order valence-electron chi connectivity index (χ3n) is 2.57. The van der Waals surface area contributed by atoms with Gasteiger partial charge < -0.3 is 11.1 Å². The number of anilines is 3. The van der Waals surface area contributed by atoms with Gasteiger partial charge in [-0.2, -0.15) is 0 Å². The van der Waals surface area contributed by atoms with Crippen molar-refractivity contribution in [2.24, 2.45) is 0 Å². The van der Waals surface area contributed by atoms with Crippen molar-refractivity contribution in [3.05, 3.63) is 41.9 Å². The maximum atomic E-state index is 5.65. The fourth-order valence-corrected chi connectivity index (χ4v) is 1.63. The van der Waals surface area contributed by atoms with Crippen molar-refractivity contribution >= 4 is 17.2 Å². The zero-order valence-electron chi connectivity index (χ0n) is 10.9. The highest BCUT2D eigenvalue weighted by Crippen LogP contribution is 2.19. The van der Waals surface area contributed by atoms with E-state index in [0.29, 0.717) is 5.92 Å². The van der Waals surface area contributed by atoms with E-state index < -0.39 is 0 Å². The molecule has 0 amide bonds. The molecule has 2 rings (SSSR count). The molecule has 1 heterocycles. The average molecular weight is 242 g/mol. The third-order valence-corrected chi connectivity index (χ3v) is 2.57. The molecule has 4 heteroatoms. The molecule has 3 N–H and O–H groups in total. The van der Waals surface area contributed by atoms with Crippen LogP contribution in [0.15, 0.2) is 30.3 Å². The van der Waals surface area contributed by atoms with E-state index in [1.165, 1.54) is 0 Å². The van der Waals surface area contributed by atoms with E-state index in [9.17, 15) is 0 Å². The van der Waals surface area contributed by atoms with Gasteiger partial charge in [-0.1, -0.05) is 13.8 Å². The summed E-state index contributed by atoms with van der Waals surface area (Å²) in [5, 5.41) is 3.26. The fraction of sp³-hybridized carbons (Fsp3) is 0.286. The Bertz CT molecular complexity index is 532. The van der Waals surface area contributed by atoms with Gasteiger partial charge in [-0.3, -0.25) is 0 Å². The first kappa shape index (κ1) is 12.4. The molecule has 0 aliphatic heterocycles. The number of benzene rings is 1. The van der Waals surface area contributed by atoms with E-state index >= 15 is 0 Å². The number of nitrogens with one attached hydrogen (secondary N) is 1. The van der Waals surface area contributed by atoms with Crippen molar-refractivity contribution in [1.82, 2.24) is 9.97 Å². The van der Waals surface area contributed by atoms with E-state index in [-0.39, 0.29) is 0 Å². The fourth-order valence-electron chi connectivity index (χ4n) is 1.63. The Morgan fingerprint density at radius 2 is 1.78 bits per heavy atom. The van der Waals surface area contributed by atoms with Crippen LogP contribution in [0.4, 0.5) is 17.2 Å². The predicted octanol–water partition coefficient (Wildman–Crippen LogP) is 3.23. The topological polar surface area (TPSA) is 63.8 Å². The summed E-state index contributed by atoms with van der Waals surface area (Å²) in [5.74, 6) is 1.99. The quantitative estimate of drug-likeness (QED) is 0.811. The maximum Gasteiger partial charge on any atom is 0.134 e. The van der Waals surface area contributed by atoms with Crippen LogP contribution in [0, 0.1) is 6.92 Å². The molecule has 0 radical (unpaired) electrons. The van der Waals surface area contributed by atoms with Crippen LogP contribution in [-0.4, -0.2) is 9.97 Å². The van der Waals surface area contributed by atoms with Gasteiger partial charge in [0.25, 0.3) is 0 Å². The minimum Gasteiger partial charge on any atom is -0.399 e. The summed E-state index contributed by atoms with van der Waals surface area (Å²) < 4.78 is 0. The zero-order valence-corrected chi connectivity index (χ0v) is 10.9. The highest BCUT2D eigenvalue weighted by Gasteiger charge is 2.06. The zero-order chi connectivity index (χ0) is 13.1. The van der Waals surface area contributed by atoms with Gasteiger partial charge in [0.05, 0.1) is 0 Å². The molecule has 0 saturated carbocycles. The van der Waals surface area contributed by atoms with E-state index in [0.717, 1.165) is 28.7 Å². The standard InChI is InChI=1S/C14H18N4/c1-9(2)14-16-10(3)8-13(18-14)17-12-6-4-11(15)5-7-12/h4-9H,15H2,1-3H3,(H,16,17,18). The first-order chi connectivity index (χ1) is 8.54. The molecule has 94 valence electrons. The average Bonchev–Trinajstić information content (AvgIpc) is 2.31. The summed E-state index contributed by atoms with van der Waals surface area (Å²) in [6.45, 7) is 6.14. The second-order valence-electron chi connectivity index (χ2n) is 4.65. The SMILES string of the molecule is Cc1cc(Nc2ccc(N)cc2)nc(C(C)C)n1. The van der Waals surface area contributed by atoms with Crippen molar-refractivity contribution in [2.45, 2.75) is 26.7 Å². The normalized spacial score (nSPS) is 10.7. The predicted molar refractivity (Wildman–Crippen MR) is 75.0 cm³/mol. The molecule has 1 aromatic carbocycles. The van der Waals surface area contributed by atoms with Crippen LogP contribution in [0.2, 0.25) is 0 Å². The van der Waals surface area contributed by atoms with E-state index in [1.54, 1.807) is 0 Å². The molecule has 2 aromatic rings. The molecular formula is C14H18N4. The monoisotopic (exact) mass is 242 g/mol. The van der Waals surface area contributed by atoms with Gasteiger partial charge in [-0.05, 0) is 31.2 Å². The molecule has 1 aromatic heterocycles. The Balaban J connectivity index is 2.26. The Morgan fingerprint density at radius 1 is 1.11 bits per heavy atom. The van der Waals surface area contributed by atoms with Crippen LogP contribution in [0.1, 0.15) is 31.3 Å². The molecule has 4 nitrogen and oxygen atoms in total. The van der Waals surface area contributed by atoms with E-state index in [2.05, 4.69) is 29.1 Å².